The predicted octanol–water partition coefficient (Wildman–Crippen LogP) is 7.53. The zero-order valence-electron chi connectivity index (χ0n) is 16.1. The maximum absolute atomic E-state index is 14.4. The number of hydrogen-bond acceptors (Lipinski definition) is 1. The minimum atomic E-state index is -0.365. The van der Waals surface area contributed by atoms with Crippen LogP contribution in [0.2, 0.25) is 5.02 Å². The minimum Gasteiger partial charge on any atom is -0.495 e. The summed E-state index contributed by atoms with van der Waals surface area (Å²) in [5.41, 5.74) is 9.25. The summed E-state index contributed by atoms with van der Waals surface area (Å²) in [5.74, 6) is 0.561. The van der Waals surface area contributed by atoms with Gasteiger partial charge in [-0.1, -0.05) is 50.6 Å². The Morgan fingerprint density at radius 1 is 1.00 bits per heavy atom. The molecule has 142 valence electrons. The first-order chi connectivity index (χ1) is 13.2. The summed E-state index contributed by atoms with van der Waals surface area (Å²) >= 11 is 8.46. The Kier molecular flexibility index (Phi) is 3.92. The van der Waals surface area contributed by atoms with E-state index in [0.717, 1.165) is 31.6 Å². The molecular formula is C24H19ClFIO. The highest BCUT2D eigenvalue weighted by Gasteiger charge is 2.42. The average molecular weight is 505 g/mol. The van der Waals surface area contributed by atoms with Crippen LogP contribution in [0.3, 0.4) is 0 Å². The van der Waals surface area contributed by atoms with Crippen LogP contribution in [-0.4, -0.2) is 7.11 Å². The number of methoxy groups -OCH3 is 1. The Balaban J connectivity index is 1.90. The lowest BCUT2D eigenvalue weighted by Crippen LogP contribution is -2.11. The van der Waals surface area contributed by atoms with Gasteiger partial charge in [-0.25, -0.2) is 4.39 Å². The van der Waals surface area contributed by atoms with Gasteiger partial charge >= 0.3 is 0 Å². The number of benzene rings is 3. The first-order valence-corrected chi connectivity index (χ1v) is 10.7. The quantitative estimate of drug-likeness (QED) is 0.214. The van der Waals surface area contributed by atoms with Gasteiger partial charge in [-0.15, -0.1) is 0 Å². The maximum atomic E-state index is 14.4. The van der Waals surface area contributed by atoms with E-state index < -0.39 is 0 Å². The topological polar surface area (TPSA) is 9.23 Å². The van der Waals surface area contributed by atoms with Crippen LogP contribution in [0.25, 0.3) is 22.3 Å². The van der Waals surface area contributed by atoms with Gasteiger partial charge in [0.25, 0.3) is 0 Å². The molecule has 0 radical (unpaired) electrons. The van der Waals surface area contributed by atoms with Crippen LogP contribution >= 0.6 is 34.2 Å². The first-order valence-electron chi connectivity index (χ1n) is 9.27. The molecule has 4 heteroatoms. The Morgan fingerprint density at radius 3 is 2.43 bits per heavy atom. The normalized spacial score (nSPS) is 16.0. The van der Waals surface area contributed by atoms with Crippen LogP contribution in [0.1, 0.15) is 48.9 Å². The van der Waals surface area contributed by atoms with Crippen molar-refractivity contribution in [3.8, 4) is 28.0 Å². The lowest BCUT2D eigenvalue weighted by molar-refractivity contribution is 0.413. The fraction of sp³-hybridized carbons (Fsp3) is 0.250. The molecule has 0 spiro atoms. The molecule has 3 aromatic rings. The van der Waals surface area contributed by atoms with E-state index in [1.807, 2.05) is 0 Å². The van der Waals surface area contributed by atoms with Crippen molar-refractivity contribution in [2.45, 2.75) is 32.1 Å². The van der Waals surface area contributed by atoms with E-state index in [-0.39, 0.29) is 22.2 Å². The van der Waals surface area contributed by atoms with Crippen LogP contribution < -0.4 is 4.74 Å². The molecule has 28 heavy (non-hydrogen) atoms. The van der Waals surface area contributed by atoms with Crippen molar-refractivity contribution in [3.05, 3.63) is 73.1 Å². The summed E-state index contributed by atoms with van der Waals surface area (Å²) in [6.45, 7) is 6.66. The van der Waals surface area contributed by atoms with E-state index in [1.165, 1.54) is 22.3 Å². The first kappa shape index (κ1) is 18.4. The molecule has 1 unspecified atom stereocenters. The molecule has 3 aromatic carbocycles. The lowest BCUT2D eigenvalue weighted by atomic mass is 9.84. The summed E-state index contributed by atoms with van der Waals surface area (Å²) in [5, 5.41) is 0.168. The van der Waals surface area contributed by atoms with E-state index in [2.05, 4.69) is 67.6 Å². The molecule has 0 amide bonds. The van der Waals surface area contributed by atoms with Gasteiger partial charge < -0.3 is 4.74 Å². The van der Waals surface area contributed by atoms with Crippen molar-refractivity contribution in [2.75, 3.05) is 7.11 Å². The zero-order valence-corrected chi connectivity index (χ0v) is 19.0. The van der Waals surface area contributed by atoms with E-state index in [0.29, 0.717) is 0 Å². The van der Waals surface area contributed by atoms with E-state index >= 15 is 0 Å². The smallest absolute Gasteiger partial charge is 0.142 e. The van der Waals surface area contributed by atoms with Crippen LogP contribution in [0, 0.1) is 9.39 Å². The Hall–Kier alpha value is -1.59. The molecule has 0 fully saturated rings. The van der Waals surface area contributed by atoms with Gasteiger partial charge in [0.15, 0.2) is 0 Å². The van der Waals surface area contributed by atoms with E-state index in [1.54, 1.807) is 19.2 Å². The Labute approximate surface area is 183 Å². The molecule has 1 atom stereocenters. The molecular weight excluding hydrogens is 486 g/mol. The SMILES string of the molecule is COc1c(I)cc2c3c1-c1cc(C(C)(C)C)ccc1C3c1cc(F)c(Cl)cc1-2. The number of halogens is 3. The van der Waals surface area contributed by atoms with Gasteiger partial charge in [-0.05, 0) is 85.1 Å². The average Bonchev–Trinajstić information content (AvgIpc) is 3.11. The summed E-state index contributed by atoms with van der Waals surface area (Å²) in [6.07, 6.45) is 0. The van der Waals surface area contributed by atoms with E-state index in [4.69, 9.17) is 16.3 Å². The summed E-state index contributed by atoms with van der Waals surface area (Å²) < 4.78 is 21.3. The second-order valence-corrected chi connectivity index (χ2v) is 10.1. The molecule has 0 saturated carbocycles. The minimum absolute atomic E-state index is 0.0293. The second kappa shape index (κ2) is 5.96. The highest BCUT2D eigenvalue weighted by molar-refractivity contribution is 14.1. The standard InChI is InChI=1S/C24H19ClFIO/c1-24(2,3)11-5-6-12-14(7-11)22-21-16(10-19(27)23(22)28-4)13-8-17(25)18(26)9-15(13)20(12)21/h5-10,20H,1-4H3. The van der Waals surface area contributed by atoms with Gasteiger partial charge in [0.05, 0.1) is 15.7 Å². The third-order valence-electron chi connectivity index (χ3n) is 5.96. The van der Waals surface area contributed by atoms with Crippen molar-refractivity contribution in [2.24, 2.45) is 0 Å². The van der Waals surface area contributed by atoms with Crippen molar-refractivity contribution in [1.82, 2.24) is 0 Å². The van der Waals surface area contributed by atoms with Gasteiger partial charge in [-0.3, -0.25) is 0 Å². The molecule has 0 aromatic heterocycles. The molecule has 0 N–H and O–H groups in total. The molecule has 1 nitrogen and oxygen atoms in total. The molecule has 5 rings (SSSR count). The van der Waals surface area contributed by atoms with E-state index in [9.17, 15) is 4.39 Å². The predicted molar refractivity (Wildman–Crippen MR) is 121 cm³/mol. The number of rotatable bonds is 1. The third kappa shape index (κ3) is 2.35. The summed E-state index contributed by atoms with van der Waals surface area (Å²) in [4.78, 5) is 0. The van der Waals surface area contributed by atoms with Gasteiger partial charge in [0, 0.05) is 11.5 Å². The fourth-order valence-corrected chi connectivity index (χ4v) is 5.60. The summed E-state index contributed by atoms with van der Waals surface area (Å²) in [6, 6.07) is 12.2. The van der Waals surface area contributed by atoms with Crippen molar-refractivity contribution in [1.29, 1.82) is 0 Å². The van der Waals surface area contributed by atoms with Gasteiger partial charge in [0.2, 0.25) is 0 Å². The number of hydrogen-bond donors (Lipinski definition) is 0. The summed E-state index contributed by atoms with van der Waals surface area (Å²) in [7, 11) is 1.72. The molecule has 2 aliphatic rings. The maximum Gasteiger partial charge on any atom is 0.142 e. The second-order valence-electron chi connectivity index (χ2n) is 8.57. The van der Waals surface area contributed by atoms with Crippen molar-refractivity contribution >= 4 is 34.2 Å². The molecule has 0 aliphatic heterocycles. The molecule has 0 saturated heterocycles. The number of fused-ring (bicyclic) bond motifs is 6. The highest BCUT2D eigenvalue weighted by atomic mass is 127. The van der Waals surface area contributed by atoms with Crippen LogP contribution in [-0.2, 0) is 5.41 Å². The molecule has 2 aliphatic carbocycles. The van der Waals surface area contributed by atoms with Crippen molar-refractivity contribution in [3.63, 3.8) is 0 Å². The third-order valence-corrected chi connectivity index (χ3v) is 7.05. The fourth-order valence-electron chi connectivity index (χ4n) is 4.64. The van der Waals surface area contributed by atoms with Crippen molar-refractivity contribution < 1.29 is 9.13 Å². The zero-order chi connectivity index (χ0) is 20.0. The largest absolute Gasteiger partial charge is 0.495 e. The molecule has 0 heterocycles. The molecule has 0 bridgehead atoms. The lowest BCUT2D eigenvalue weighted by Gasteiger charge is -2.21. The van der Waals surface area contributed by atoms with Crippen LogP contribution in [0.15, 0.2) is 36.4 Å². The van der Waals surface area contributed by atoms with Gasteiger partial charge in [-0.2, -0.15) is 0 Å². The monoisotopic (exact) mass is 504 g/mol. The van der Waals surface area contributed by atoms with Crippen LogP contribution in [0.4, 0.5) is 4.39 Å². The Bertz CT molecular complexity index is 1180. The van der Waals surface area contributed by atoms with Gasteiger partial charge in [0.1, 0.15) is 11.6 Å². The van der Waals surface area contributed by atoms with Crippen LogP contribution in [0.5, 0.6) is 5.75 Å². The number of ether oxygens (including phenoxy) is 1. The Morgan fingerprint density at radius 2 is 1.75 bits per heavy atom. The highest BCUT2D eigenvalue weighted by Crippen LogP contribution is 2.61.